The molecule has 1 aliphatic heterocycles. The second-order valence-corrected chi connectivity index (χ2v) is 8.09. The Morgan fingerprint density at radius 3 is 2.42 bits per heavy atom. The molecule has 0 saturated carbocycles. The number of hydrogen-bond acceptors (Lipinski definition) is 4. The van der Waals surface area contributed by atoms with Gasteiger partial charge in [-0.2, -0.15) is 0 Å². The van der Waals surface area contributed by atoms with Crippen LogP contribution in [-0.4, -0.2) is 23.4 Å². The lowest BCUT2D eigenvalue weighted by atomic mass is 9.94. The molecule has 0 radical (unpaired) electrons. The van der Waals surface area contributed by atoms with E-state index in [1.807, 2.05) is 0 Å². The molecular formula is C25H18Cl2FNO4. The summed E-state index contributed by atoms with van der Waals surface area (Å²) >= 11 is 12.3. The number of aliphatic hydroxyl groups is 1. The molecule has 168 valence electrons. The topological polar surface area (TPSA) is 66.8 Å². The molecule has 33 heavy (non-hydrogen) atoms. The fraction of sp³-hybridized carbons (Fsp3) is 0.120. The van der Waals surface area contributed by atoms with Crippen LogP contribution in [0.3, 0.4) is 0 Å². The number of rotatable bonds is 5. The van der Waals surface area contributed by atoms with Crippen LogP contribution in [0.1, 0.15) is 24.1 Å². The van der Waals surface area contributed by atoms with Gasteiger partial charge in [-0.1, -0.05) is 41.4 Å². The van der Waals surface area contributed by atoms with Crippen molar-refractivity contribution in [2.24, 2.45) is 0 Å². The smallest absolute Gasteiger partial charge is 0.300 e. The monoisotopic (exact) mass is 485 g/mol. The molecule has 1 aliphatic rings. The zero-order chi connectivity index (χ0) is 23.7. The summed E-state index contributed by atoms with van der Waals surface area (Å²) in [6, 6.07) is 15.3. The maximum Gasteiger partial charge on any atom is 0.300 e. The third-order valence-corrected chi connectivity index (χ3v) is 5.83. The minimum atomic E-state index is -1.22. The van der Waals surface area contributed by atoms with Crippen LogP contribution in [0.15, 0.2) is 72.3 Å². The van der Waals surface area contributed by atoms with Gasteiger partial charge >= 0.3 is 0 Å². The Balaban J connectivity index is 1.97. The first kappa shape index (κ1) is 22.8. The number of carbonyl (C=O) groups is 2. The quantitative estimate of drug-likeness (QED) is 0.267. The van der Waals surface area contributed by atoms with Crippen LogP contribution in [0.4, 0.5) is 10.1 Å². The summed E-state index contributed by atoms with van der Waals surface area (Å²) in [4.78, 5) is 27.4. The number of halogens is 3. The van der Waals surface area contributed by atoms with Crippen LogP contribution in [0.2, 0.25) is 10.0 Å². The van der Waals surface area contributed by atoms with Crippen LogP contribution in [0.25, 0.3) is 5.76 Å². The SMILES string of the molecule is CCOc1ccc(Cl)c(/C(O)=C2\C(=O)C(=O)N(c3ccc(Cl)cc3)C2c2ccccc2F)c1. The van der Waals surface area contributed by atoms with Crippen molar-refractivity contribution >= 4 is 46.3 Å². The zero-order valence-electron chi connectivity index (χ0n) is 17.4. The molecule has 5 nitrogen and oxygen atoms in total. The van der Waals surface area contributed by atoms with Gasteiger partial charge in [0.15, 0.2) is 0 Å². The lowest BCUT2D eigenvalue weighted by molar-refractivity contribution is -0.132. The minimum Gasteiger partial charge on any atom is -0.507 e. The van der Waals surface area contributed by atoms with E-state index in [2.05, 4.69) is 0 Å². The standard InChI is InChI=1S/C25H18Cl2FNO4/c1-2-33-16-11-12-19(27)18(13-16)23(30)21-22(17-5-3-4-6-20(17)28)29(25(32)24(21)31)15-9-7-14(26)8-10-15/h3-13,22,30H,2H2,1H3/b23-21+. The third-order valence-electron chi connectivity index (χ3n) is 5.25. The second-order valence-electron chi connectivity index (χ2n) is 7.24. The van der Waals surface area contributed by atoms with E-state index in [4.69, 9.17) is 27.9 Å². The number of anilines is 1. The van der Waals surface area contributed by atoms with Crippen molar-refractivity contribution in [1.29, 1.82) is 0 Å². The number of benzene rings is 3. The second kappa shape index (κ2) is 9.25. The summed E-state index contributed by atoms with van der Waals surface area (Å²) in [5.74, 6) is -2.62. The molecule has 0 bridgehead atoms. The van der Waals surface area contributed by atoms with Gasteiger partial charge < -0.3 is 9.84 Å². The fourth-order valence-electron chi connectivity index (χ4n) is 3.78. The van der Waals surface area contributed by atoms with Gasteiger partial charge in [-0.05, 0) is 55.5 Å². The molecule has 1 atom stereocenters. The van der Waals surface area contributed by atoms with E-state index in [0.717, 1.165) is 4.90 Å². The lowest BCUT2D eigenvalue weighted by Gasteiger charge is -2.26. The molecule has 0 aliphatic carbocycles. The van der Waals surface area contributed by atoms with Crippen molar-refractivity contribution < 1.29 is 23.8 Å². The Hall–Kier alpha value is -3.35. The van der Waals surface area contributed by atoms with Crippen molar-refractivity contribution in [3.8, 4) is 5.75 Å². The molecule has 1 N–H and O–H groups in total. The number of amides is 1. The Bertz CT molecular complexity index is 1270. The number of nitrogens with zero attached hydrogens (tertiary/aromatic N) is 1. The first-order chi connectivity index (χ1) is 15.8. The third kappa shape index (κ3) is 4.19. The molecular weight excluding hydrogens is 468 g/mol. The van der Waals surface area contributed by atoms with Crippen LogP contribution in [-0.2, 0) is 9.59 Å². The fourth-order valence-corrected chi connectivity index (χ4v) is 4.11. The molecule has 0 aromatic heterocycles. The predicted octanol–water partition coefficient (Wildman–Crippen LogP) is 6.16. The van der Waals surface area contributed by atoms with Crippen molar-refractivity contribution in [3.05, 3.63) is 99.3 Å². The Kier molecular flexibility index (Phi) is 6.40. The van der Waals surface area contributed by atoms with E-state index in [-0.39, 0.29) is 21.7 Å². The summed E-state index contributed by atoms with van der Waals surface area (Å²) in [7, 11) is 0. The van der Waals surface area contributed by atoms with Crippen molar-refractivity contribution in [3.63, 3.8) is 0 Å². The van der Waals surface area contributed by atoms with Gasteiger partial charge in [0.25, 0.3) is 11.7 Å². The minimum absolute atomic E-state index is 0.0466. The van der Waals surface area contributed by atoms with E-state index >= 15 is 0 Å². The van der Waals surface area contributed by atoms with Gasteiger partial charge in [0.2, 0.25) is 0 Å². The number of carbonyl (C=O) groups excluding carboxylic acids is 2. The summed E-state index contributed by atoms with van der Waals surface area (Å²) in [6.07, 6.45) is 0. The summed E-state index contributed by atoms with van der Waals surface area (Å²) in [5, 5.41) is 11.8. The maximum absolute atomic E-state index is 14.9. The van der Waals surface area contributed by atoms with Crippen molar-refractivity contribution in [2.75, 3.05) is 11.5 Å². The molecule has 4 rings (SSSR count). The molecule has 1 amide bonds. The number of ketones is 1. The molecule has 3 aromatic rings. The van der Waals surface area contributed by atoms with E-state index in [0.29, 0.717) is 23.1 Å². The average Bonchev–Trinajstić information content (AvgIpc) is 3.06. The number of ether oxygens (including phenoxy) is 1. The molecule has 8 heteroatoms. The summed E-state index contributed by atoms with van der Waals surface area (Å²) in [5.41, 5.74) is 0.182. The zero-order valence-corrected chi connectivity index (χ0v) is 18.9. The molecule has 1 fully saturated rings. The molecule has 1 saturated heterocycles. The summed E-state index contributed by atoms with van der Waals surface area (Å²) in [6.45, 7) is 2.17. The van der Waals surface area contributed by atoms with Crippen molar-refractivity contribution in [2.45, 2.75) is 13.0 Å². The van der Waals surface area contributed by atoms with E-state index in [1.54, 1.807) is 43.3 Å². The highest BCUT2D eigenvalue weighted by molar-refractivity contribution is 6.52. The Morgan fingerprint density at radius 2 is 1.76 bits per heavy atom. The average molecular weight is 486 g/mol. The van der Waals surface area contributed by atoms with Crippen molar-refractivity contribution in [1.82, 2.24) is 0 Å². The first-order valence-electron chi connectivity index (χ1n) is 10.1. The van der Waals surface area contributed by atoms with Crippen LogP contribution in [0.5, 0.6) is 5.75 Å². The van der Waals surface area contributed by atoms with E-state index in [9.17, 15) is 19.1 Å². The van der Waals surface area contributed by atoms with Gasteiger partial charge in [0, 0.05) is 21.8 Å². The van der Waals surface area contributed by atoms with Gasteiger partial charge in [-0.15, -0.1) is 0 Å². The van der Waals surface area contributed by atoms with Crippen LogP contribution in [0, 0.1) is 5.82 Å². The number of Topliss-reactive ketones (excluding diaryl/α,β-unsaturated/α-hetero) is 1. The Morgan fingerprint density at radius 1 is 1.06 bits per heavy atom. The maximum atomic E-state index is 14.9. The first-order valence-corrected chi connectivity index (χ1v) is 10.8. The van der Waals surface area contributed by atoms with Gasteiger partial charge in [-0.25, -0.2) is 4.39 Å². The largest absolute Gasteiger partial charge is 0.507 e. The van der Waals surface area contributed by atoms with E-state index < -0.39 is 29.3 Å². The lowest BCUT2D eigenvalue weighted by Crippen LogP contribution is -2.29. The van der Waals surface area contributed by atoms with Gasteiger partial charge in [0.1, 0.15) is 17.3 Å². The molecule has 1 unspecified atom stereocenters. The molecule has 3 aromatic carbocycles. The predicted molar refractivity (Wildman–Crippen MR) is 125 cm³/mol. The summed E-state index contributed by atoms with van der Waals surface area (Å²) < 4.78 is 20.4. The number of hydrogen-bond donors (Lipinski definition) is 1. The van der Waals surface area contributed by atoms with Crippen LogP contribution >= 0.6 is 23.2 Å². The van der Waals surface area contributed by atoms with E-state index in [1.165, 1.54) is 30.3 Å². The highest BCUT2D eigenvalue weighted by Gasteiger charge is 2.48. The van der Waals surface area contributed by atoms with Gasteiger partial charge in [0.05, 0.1) is 23.2 Å². The molecule has 1 heterocycles. The normalized spacial score (nSPS) is 17.5. The molecule has 0 spiro atoms. The van der Waals surface area contributed by atoms with Gasteiger partial charge in [-0.3, -0.25) is 14.5 Å². The van der Waals surface area contributed by atoms with Crippen LogP contribution < -0.4 is 9.64 Å². The highest BCUT2D eigenvalue weighted by atomic mass is 35.5. The Labute approximate surface area is 199 Å². The number of aliphatic hydroxyl groups excluding tert-OH is 1. The highest BCUT2D eigenvalue weighted by Crippen LogP contribution is 2.44.